The number of benzene rings is 1. The fourth-order valence-electron chi connectivity index (χ4n) is 4.67. The highest BCUT2D eigenvalue weighted by Crippen LogP contribution is 2.39. The van der Waals surface area contributed by atoms with E-state index >= 15 is 0 Å². The fourth-order valence-corrected chi connectivity index (χ4v) is 4.67. The number of hydrogen-bond acceptors (Lipinski definition) is 3. The Kier molecular flexibility index (Phi) is 6.34. The SMILES string of the molecule is CC(C)C[C@H](N)C(=O)N[C@@H]1CC[C@@H]2CN(Cc3cccc(C(F)(F)F)c3)C[C@@H]21. The summed E-state index contributed by atoms with van der Waals surface area (Å²) in [7, 11) is 0. The van der Waals surface area contributed by atoms with Crippen LogP contribution in [0.25, 0.3) is 0 Å². The summed E-state index contributed by atoms with van der Waals surface area (Å²) < 4.78 is 38.8. The molecule has 2 aliphatic rings. The Hall–Kier alpha value is -1.60. The predicted octanol–water partition coefficient (Wildman–Crippen LogP) is 3.41. The lowest BCUT2D eigenvalue weighted by Crippen LogP contribution is -2.48. The summed E-state index contributed by atoms with van der Waals surface area (Å²) in [5.41, 5.74) is 6.07. The van der Waals surface area contributed by atoms with Gasteiger partial charge in [0.2, 0.25) is 5.91 Å². The number of nitrogens with one attached hydrogen (secondary N) is 1. The molecule has 3 N–H and O–H groups in total. The van der Waals surface area contributed by atoms with E-state index in [-0.39, 0.29) is 11.9 Å². The van der Waals surface area contributed by atoms with Crippen LogP contribution in [-0.2, 0) is 17.5 Å². The quantitative estimate of drug-likeness (QED) is 0.774. The number of rotatable bonds is 6. The highest BCUT2D eigenvalue weighted by atomic mass is 19.4. The molecule has 1 heterocycles. The molecule has 1 amide bonds. The van der Waals surface area contributed by atoms with Gasteiger partial charge in [-0.15, -0.1) is 0 Å². The number of carbonyl (C=O) groups excluding carboxylic acids is 1. The smallest absolute Gasteiger partial charge is 0.352 e. The third-order valence-corrected chi connectivity index (χ3v) is 5.98. The average molecular weight is 397 g/mol. The number of hydrogen-bond donors (Lipinski definition) is 2. The minimum absolute atomic E-state index is 0.0873. The predicted molar refractivity (Wildman–Crippen MR) is 102 cm³/mol. The second kappa shape index (κ2) is 8.41. The molecule has 1 aromatic carbocycles. The molecule has 28 heavy (non-hydrogen) atoms. The van der Waals surface area contributed by atoms with Crippen molar-refractivity contribution in [1.82, 2.24) is 10.2 Å². The molecule has 2 fully saturated rings. The first-order chi connectivity index (χ1) is 13.1. The number of nitrogens with two attached hydrogens (primary N) is 1. The molecule has 1 aliphatic carbocycles. The molecule has 0 spiro atoms. The van der Waals surface area contributed by atoms with Crippen LogP contribution in [0.2, 0.25) is 0 Å². The zero-order valence-electron chi connectivity index (χ0n) is 16.5. The summed E-state index contributed by atoms with van der Waals surface area (Å²) in [5, 5.41) is 3.13. The molecule has 1 aliphatic heterocycles. The zero-order chi connectivity index (χ0) is 20.5. The number of amides is 1. The molecule has 156 valence electrons. The maximum absolute atomic E-state index is 12.9. The molecule has 0 aromatic heterocycles. The number of carbonyl (C=O) groups is 1. The van der Waals surface area contributed by atoms with Crippen molar-refractivity contribution in [3.05, 3.63) is 35.4 Å². The average Bonchev–Trinajstić information content (AvgIpc) is 3.15. The van der Waals surface area contributed by atoms with Crippen LogP contribution >= 0.6 is 0 Å². The third kappa shape index (κ3) is 5.06. The van der Waals surface area contributed by atoms with E-state index < -0.39 is 17.8 Å². The summed E-state index contributed by atoms with van der Waals surface area (Å²) in [6.45, 7) is 6.25. The first-order valence-electron chi connectivity index (χ1n) is 10.1. The molecule has 3 rings (SSSR count). The molecule has 0 unspecified atom stereocenters. The van der Waals surface area contributed by atoms with Gasteiger partial charge in [-0.25, -0.2) is 0 Å². The number of halogens is 3. The monoisotopic (exact) mass is 397 g/mol. The second-order valence-corrected chi connectivity index (χ2v) is 8.74. The Labute approximate surface area is 164 Å². The lowest BCUT2D eigenvalue weighted by Gasteiger charge is -2.24. The standard InChI is InChI=1S/C21H30F3N3O/c1-13(2)8-18(25)20(28)26-19-7-6-15-11-27(12-17(15)19)10-14-4-3-5-16(9-14)21(22,23)24/h3-5,9,13,15,17-19H,6-8,10-12,25H2,1-2H3,(H,26,28)/t15-,17+,18+,19-/m1/s1. The minimum Gasteiger partial charge on any atom is -0.352 e. The van der Waals surface area contributed by atoms with Crippen molar-refractivity contribution < 1.29 is 18.0 Å². The Bertz CT molecular complexity index is 692. The van der Waals surface area contributed by atoms with Crippen LogP contribution in [0.1, 0.15) is 44.2 Å². The highest BCUT2D eigenvalue weighted by Gasteiger charge is 2.43. The Morgan fingerprint density at radius 3 is 2.71 bits per heavy atom. The van der Waals surface area contributed by atoms with Crippen molar-refractivity contribution >= 4 is 5.91 Å². The van der Waals surface area contributed by atoms with Gasteiger partial charge in [-0.3, -0.25) is 9.69 Å². The summed E-state index contributed by atoms with van der Waals surface area (Å²) in [4.78, 5) is 14.6. The molecular weight excluding hydrogens is 367 g/mol. The van der Waals surface area contributed by atoms with Crippen LogP contribution in [0.15, 0.2) is 24.3 Å². The van der Waals surface area contributed by atoms with Gasteiger partial charge in [-0.1, -0.05) is 32.0 Å². The summed E-state index contributed by atoms with van der Waals surface area (Å²) in [5.74, 6) is 1.11. The Balaban J connectivity index is 1.57. The molecule has 4 atom stereocenters. The van der Waals surface area contributed by atoms with E-state index in [0.717, 1.165) is 32.0 Å². The molecule has 1 saturated heterocycles. The van der Waals surface area contributed by atoms with Gasteiger partial charge in [-0.2, -0.15) is 13.2 Å². The van der Waals surface area contributed by atoms with Crippen molar-refractivity contribution in [2.75, 3.05) is 13.1 Å². The normalized spacial score (nSPS) is 26.5. The van der Waals surface area contributed by atoms with Crippen LogP contribution < -0.4 is 11.1 Å². The van der Waals surface area contributed by atoms with E-state index in [0.29, 0.717) is 36.3 Å². The van der Waals surface area contributed by atoms with Gasteiger partial charge in [0, 0.05) is 25.7 Å². The summed E-state index contributed by atoms with van der Waals surface area (Å²) >= 11 is 0. The third-order valence-electron chi connectivity index (χ3n) is 5.98. The fraction of sp³-hybridized carbons (Fsp3) is 0.667. The van der Waals surface area contributed by atoms with Gasteiger partial charge in [0.1, 0.15) is 0 Å². The number of likely N-dealkylation sites (tertiary alicyclic amines) is 1. The van der Waals surface area contributed by atoms with E-state index in [4.69, 9.17) is 5.73 Å². The van der Waals surface area contributed by atoms with E-state index in [1.807, 2.05) is 13.8 Å². The van der Waals surface area contributed by atoms with Gasteiger partial charge in [-0.05, 0) is 48.6 Å². The lowest BCUT2D eigenvalue weighted by molar-refractivity contribution is -0.137. The van der Waals surface area contributed by atoms with Gasteiger partial charge in [0.05, 0.1) is 11.6 Å². The van der Waals surface area contributed by atoms with Gasteiger partial charge >= 0.3 is 6.18 Å². The van der Waals surface area contributed by atoms with Gasteiger partial charge in [0.15, 0.2) is 0 Å². The van der Waals surface area contributed by atoms with E-state index in [2.05, 4.69) is 10.2 Å². The molecule has 4 nitrogen and oxygen atoms in total. The molecular formula is C21H30F3N3O. The molecule has 1 saturated carbocycles. The molecule has 1 aromatic rings. The zero-order valence-corrected chi connectivity index (χ0v) is 16.5. The number of nitrogens with zero attached hydrogens (tertiary/aromatic N) is 1. The number of alkyl halides is 3. The van der Waals surface area contributed by atoms with Crippen LogP contribution in [0, 0.1) is 17.8 Å². The van der Waals surface area contributed by atoms with Crippen LogP contribution in [0.3, 0.4) is 0 Å². The van der Waals surface area contributed by atoms with Gasteiger partial charge in [0.25, 0.3) is 0 Å². The van der Waals surface area contributed by atoms with Crippen molar-refractivity contribution in [2.45, 2.75) is 57.9 Å². The summed E-state index contributed by atoms with van der Waals surface area (Å²) in [6.07, 6.45) is -1.67. The first-order valence-corrected chi connectivity index (χ1v) is 10.1. The largest absolute Gasteiger partial charge is 0.416 e. The highest BCUT2D eigenvalue weighted by molar-refractivity contribution is 5.81. The van der Waals surface area contributed by atoms with Crippen molar-refractivity contribution in [3.63, 3.8) is 0 Å². The van der Waals surface area contributed by atoms with Crippen LogP contribution in [-0.4, -0.2) is 36.0 Å². The lowest BCUT2D eigenvalue weighted by atomic mass is 9.97. The van der Waals surface area contributed by atoms with Crippen molar-refractivity contribution in [3.8, 4) is 0 Å². The number of fused-ring (bicyclic) bond motifs is 1. The van der Waals surface area contributed by atoms with E-state index in [1.54, 1.807) is 6.07 Å². The van der Waals surface area contributed by atoms with E-state index in [9.17, 15) is 18.0 Å². The van der Waals surface area contributed by atoms with Crippen LogP contribution in [0.4, 0.5) is 13.2 Å². The van der Waals surface area contributed by atoms with Crippen molar-refractivity contribution in [2.24, 2.45) is 23.5 Å². The summed E-state index contributed by atoms with van der Waals surface area (Å²) in [6, 6.07) is 5.18. The van der Waals surface area contributed by atoms with Gasteiger partial charge < -0.3 is 11.1 Å². The van der Waals surface area contributed by atoms with Crippen LogP contribution in [0.5, 0.6) is 0 Å². The minimum atomic E-state index is -4.32. The maximum atomic E-state index is 12.9. The molecule has 7 heteroatoms. The topological polar surface area (TPSA) is 58.4 Å². The molecule has 0 radical (unpaired) electrons. The first kappa shape index (κ1) is 21.1. The van der Waals surface area contributed by atoms with Crippen molar-refractivity contribution in [1.29, 1.82) is 0 Å². The maximum Gasteiger partial charge on any atom is 0.416 e. The second-order valence-electron chi connectivity index (χ2n) is 8.74. The van der Waals surface area contributed by atoms with E-state index in [1.165, 1.54) is 12.1 Å². The Morgan fingerprint density at radius 2 is 2.04 bits per heavy atom. The molecule has 0 bridgehead atoms. The Morgan fingerprint density at radius 1 is 1.29 bits per heavy atom.